The molecule has 3 aliphatic rings. The molecule has 0 aromatic heterocycles. The van der Waals surface area contributed by atoms with Crippen molar-refractivity contribution >= 4 is 51.7 Å². The van der Waals surface area contributed by atoms with E-state index in [2.05, 4.69) is 100 Å². The molecular weight excluding hydrogens is 651 g/mol. The topological polar surface area (TPSA) is 102 Å². The Hall–Kier alpha value is -2.64. The highest BCUT2D eigenvalue weighted by atomic mass is 79.9. The van der Waals surface area contributed by atoms with Crippen molar-refractivity contribution in [2.45, 2.75) is 76.7 Å². The Morgan fingerprint density at radius 2 is 1.22 bits per heavy atom. The second kappa shape index (κ2) is 16.5. The van der Waals surface area contributed by atoms with E-state index >= 15 is 0 Å². The lowest BCUT2D eigenvalue weighted by molar-refractivity contribution is -0.126. The van der Waals surface area contributed by atoms with Crippen LogP contribution in [0.25, 0.3) is 0 Å². The molecule has 3 saturated heterocycles. The minimum absolute atomic E-state index is 0.0246. The summed E-state index contributed by atoms with van der Waals surface area (Å²) >= 11 is 3.49. The molecule has 46 heavy (non-hydrogen) atoms. The number of amides is 2. The Morgan fingerprint density at radius 1 is 0.783 bits per heavy atom. The molecule has 0 aliphatic carbocycles. The fourth-order valence-corrected chi connectivity index (χ4v) is 6.27. The summed E-state index contributed by atoms with van der Waals surface area (Å²) < 4.78 is 23.2. The van der Waals surface area contributed by atoms with Crippen LogP contribution in [0.1, 0.15) is 53.4 Å². The number of hydrogen-bond acceptors (Lipinski definition) is 8. The maximum atomic E-state index is 11.7. The Labute approximate surface area is 283 Å². The largest absolute Gasteiger partial charge is 0.494 e. The fourth-order valence-electron chi connectivity index (χ4n) is 5.88. The van der Waals surface area contributed by atoms with Crippen molar-refractivity contribution in [3.05, 3.63) is 53.0 Å². The highest BCUT2D eigenvalue weighted by Gasteiger charge is 2.51. The highest BCUT2D eigenvalue weighted by Crippen LogP contribution is 2.36. The van der Waals surface area contributed by atoms with E-state index in [4.69, 9.17) is 18.8 Å². The van der Waals surface area contributed by atoms with Crippen LogP contribution in [-0.4, -0.2) is 95.8 Å². The van der Waals surface area contributed by atoms with Gasteiger partial charge in [-0.1, -0.05) is 34.1 Å². The first-order valence-electron chi connectivity index (χ1n) is 16.2. The van der Waals surface area contributed by atoms with Crippen molar-refractivity contribution in [2.75, 3.05) is 63.4 Å². The van der Waals surface area contributed by atoms with Gasteiger partial charge >= 0.3 is 7.12 Å². The number of methoxy groups -OCH3 is 2. The second-order valence-corrected chi connectivity index (χ2v) is 14.1. The number of nitrogens with zero attached hydrogens (tertiary/aromatic N) is 2. The molecule has 10 nitrogen and oxygen atoms in total. The van der Waals surface area contributed by atoms with Crippen molar-refractivity contribution in [3.8, 4) is 0 Å². The summed E-state index contributed by atoms with van der Waals surface area (Å²) in [7, 11) is 2.73. The number of halogens is 1. The number of ether oxygens (including phenoxy) is 2. The van der Waals surface area contributed by atoms with Gasteiger partial charge in [0, 0.05) is 68.3 Å². The van der Waals surface area contributed by atoms with E-state index in [1.54, 1.807) is 0 Å². The molecular formula is C34H50BBrN4O6. The van der Waals surface area contributed by atoms with Crippen LogP contribution < -0.4 is 25.9 Å². The summed E-state index contributed by atoms with van der Waals surface area (Å²) in [5, 5.41) is 6.04. The zero-order valence-electron chi connectivity index (χ0n) is 28.1. The zero-order valence-corrected chi connectivity index (χ0v) is 29.7. The quantitative estimate of drug-likeness (QED) is 0.380. The normalized spacial score (nSPS) is 19.8. The molecule has 12 heteroatoms. The number of carbonyl (C=O) groups excluding carboxylic acids is 2. The standard InChI is InChI=1S/C20H31BN2O4.C14H19BrN2O2/c1-19(2)20(3,4)27-21(26-19)15-7-6-8-17(13-15)23-11-9-16(10-12-23)22-18(24)14-25-5;1-19-10-14(18)16-12-5-7-17(8-6-12)13-4-2-3-11(15)9-13/h6-8,13,16H,9-12,14H2,1-5H3,(H,22,24);2-4,9,12H,5-8,10H2,1H3,(H,16,18). The van der Waals surface area contributed by atoms with E-state index < -0.39 is 0 Å². The molecule has 0 bridgehead atoms. The molecule has 0 radical (unpaired) electrons. The Balaban J connectivity index is 0.000000222. The van der Waals surface area contributed by atoms with Crippen LogP contribution >= 0.6 is 15.9 Å². The van der Waals surface area contributed by atoms with Crippen LogP contribution in [0.15, 0.2) is 53.0 Å². The third-order valence-corrected chi connectivity index (χ3v) is 9.70. The van der Waals surface area contributed by atoms with Crippen LogP contribution in [0.5, 0.6) is 0 Å². The first kappa shape index (κ1) is 36.2. The smallest absolute Gasteiger partial charge is 0.399 e. The van der Waals surface area contributed by atoms with Gasteiger partial charge in [0.05, 0.1) is 11.2 Å². The van der Waals surface area contributed by atoms with Crippen LogP contribution in [0.4, 0.5) is 11.4 Å². The molecule has 3 fully saturated rings. The molecule has 2 N–H and O–H groups in total. The van der Waals surface area contributed by atoms with E-state index in [1.165, 1.54) is 25.6 Å². The van der Waals surface area contributed by atoms with E-state index in [9.17, 15) is 9.59 Å². The molecule has 2 amide bonds. The second-order valence-electron chi connectivity index (χ2n) is 13.2. The van der Waals surface area contributed by atoms with Gasteiger partial charge in [-0.15, -0.1) is 0 Å². The Bertz CT molecular complexity index is 1280. The average molecular weight is 702 g/mol. The van der Waals surface area contributed by atoms with Crippen LogP contribution in [0.3, 0.4) is 0 Å². The van der Waals surface area contributed by atoms with Crippen LogP contribution in [-0.2, 0) is 28.4 Å². The predicted molar refractivity (Wildman–Crippen MR) is 187 cm³/mol. The van der Waals surface area contributed by atoms with Gasteiger partial charge in [0.2, 0.25) is 11.8 Å². The number of hydrogen-bond donors (Lipinski definition) is 2. The lowest BCUT2D eigenvalue weighted by Gasteiger charge is -2.34. The van der Waals surface area contributed by atoms with E-state index in [0.717, 1.165) is 61.8 Å². The van der Waals surface area contributed by atoms with Gasteiger partial charge in [0.1, 0.15) is 13.2 Å². The molecule has 2 aromatic rings. The maximum absolute atomic E-state index is 11.7. The Kier molecular flexibility index (Phi) is 13.0. The van der Waals surface area contributed by atoms with Gasteiger partial charge < -0.3 is 39.2 Å². The Morgan fingerprint density at radius 3 is 1.65 bits per heavy atom. The van der Waals surface area contributed by atoms with E-state index in [-0.39, 0.29) is 55.4 Å². The molecule has 252 valence electrons. The summed E-state index contributed by atoms with van der Waals surface area (Å²) in [4.78, 5) is 27.8. The number of anilines is 2. The van der Waals surface area contributed by atoms with Crippen molar-refractivity contribution in [1.29, 1.82) is 0 Å². The lowest BCUT2D eigenvalue weighted by atomic mass is 9.79. The minimum atomic E-state index is -0.346. The molecule has 0 unspecified atom stereocenters. The van der Waals surface area contributed by atoms with Crippen molar-refractivity contribution < 1.29 is 28.4 Å². The summed E-state index contributed by atoms with van der Waals surface area (Å²) in [6.07, 6.45) is 3.80. The molecule has 3 heterocycles. The number of benzene rings is 2. The number of nitrogens with one attached hydrogen (secondary N) is 2. The molecule has 2 aromatic carbocycles. The van der Waals surface area contributed by atoms with E-state index in [1.807, 2.05) is 12.1 Å². The monoisotopic (exact) mass is 700 g/mol. The fraction of sp³-hybridized carbons (Fsp3) is 0.588. The molecule has 0 spiro atoms. The van der Waals surface area contributed by atoms with Gasteiger partial charge in [-0.2, -0.15) is 0 Å². The molecule has 0 saturated carbocycles. The van der Waals surface area contributed by atoms with Crippen LogP contribution in [0, 0.1) is 0 Å². The highest BCUT2D eigenvalue weighted by molar-refractivity contribution is 9.10. The van der Waals surface area contributed by atoms with Crippen molar-refractivity contribution in [1.82, 2.24) is 10.6 Å². The summed E-state index contributed by atoms with van der Waals surface area (Å²) in [6, 6.07) is 17.2. The van der Waals surface area contributed by atoms with E-state index in [0.29, 0.717) is 0 Å². The predicted octanol–water partition coefficient (Wildman–Crippen LogP) is 3.90. The molecule has 0 atom stereocenters. The average Bonchev–Trinajstić information content (AvgIpc) is 3.25. The van der Waals surface area contributed by atoms with Gasteiger partial charge in [-0.25, -0.2) is 0 Å². The van der Waals surface area contributed by atoms with Crippen LogP contribution in [0.2, 0.25) is 0 Å². The number of carbonyl (C=O) groups is 2. The summed E-state index contributed by atoms with van der Waals surface area (Å²) in [6.45, 7) is 12.3. The first-order valence-corrected chi connectivity index (χ1v) is 17.0. The molecule has 5 rings (SSSR count). The van der Waals surface area contributed by atoms with Gasteiger partial charge in [0.25, 0.3) is 0 Å². The van der Waals surface area contributed by atoms with Gasteiger partial charge in [-0.3, -0.25) is 9.59 Å². The third-order valence-electron chi connectivity index (χ3n) is 9.21. The lowest BCUT2D eigenvalue weighted by Crippen LogP contribution is -2.46. The minimum Gasteiger partial charge on any atom is -0.399 e. The zero-order chi connectivity index (χ0) is 33.3. The SMILES string of the molecule is COCC(=O)NC1CCN(c2cccc(B3OC(C)(C)C(C)(C)O3)c2)CC1.COCC(=O)NC1CCN(c2cccc(Br)c2)CC1. The summed E-state index contributed by atoms with van der Waals surface area (Å²) in [5.41, 5.74) is 2.76. The van der Waals surface area contributed by atoms with Crippen molar-refractivity contribution in [2.24, 2.45) is 0 Å². The maximum Gasteiger partial charge on any atom is 0.494 e. The molecule has 3 aliphatic heterocycles. The number of piperidine rings is 2. The first-order chi connectivity index (χ1) is 21.9. The third kappa shape index (κ3) is 9.93. The van der Waals surface area contributed by atoms with Crippen molar-refractivity contribution in [3.63, 3.8) is 0 Å². The summed E-state index contributed by atoms with van der Waals surface area (Å²) in [5.74, 6) is -0.0675. The van der Waals surface area contributed by atoms with Gasteiger partial charge in [0.15, 0.2) is 0 Å². The van der Waals surface area contributed by atoms with Gasteiger partial charge in [-0.05, 0) is 89.2 Å². The number of rotatable bonds is 9.